The van der Waals surface area contributed by atoms with Gasteiger partial charge in [0.15, 0.2) is 0 Å². The zero-order valence-electron chi connectivity index (χ0n) is 9.26. The number of nitrogens with one attached hydrogen (secondary N) is 1. The monoisotopic (exact) mass is 225 g/mol. The fourth-order valence-corrected chi connectivity index (χ4v) is 2.22. The van der Waals surface area contributed by atoms with Crippen LogP contribution < -0.4 is 5.32 Å². The molecule has 0 saturated carbocycles. The van der Waals surface area contributed by atoms with E-state index >= 15 is 0 Å². The number of hydrogen-bond acceptors (Lipinski definition) is 1. The Hall–Kier alpha value is -0.960. The van der Waals surface area contributed by atoms with Gasteiger partial charge in [-0.05, 0) is 36.4 Å². The molecular formula is C13H17F2N. The Morgan fingerprint density at radius 3 is 2.94 bits per heavy atom. The van der Waals surface area contributed by atoms with Gasteiger partial charge in [0.05, 0.1) is 0 Å². The molecule has 1 nitrogen and oxygen atoms in total. The minimum absolute atomic E-state index is 0.0353. The molecule has 1 saturated heterocycles. The summed E-state index contributed by atoms with van der Waals surface area (Å²) in [4.78, 5) is 0. The first-order chi connectivity index (χ1) is 7.75. The molecule has 1 aliphatic heterocycles. The van der Waals surface area contributed by atoms with Crippen LogP contribution in [0.5, 0.6) is 0 Å². The molecule has 2 rings (SSSR count). The highest BCUT2D eigenvalue weighted by Crippen LogP contribution is 2.23. The van der Waals surface area contributed by atoms with Crippen LogP contribution in [0.3, 0.4) is 0 Å². The molecule has 1 N–H and O–H groups in total. The highest BCUT2D eigenvalue weighted by Gasteiger charge is 2.16. The molecule has 0 aliphatic carbocycles. The first kappa shape index (κ1) is 11.5. The zero-order chi connectivity index (χ0) is 11.4. The summed E-state index contributed by atoms with van der Waals surface area (Å²) < 4.78 is 24.2. The van der Waals surface area contributed by atoms with Gasteiger partial charge in [-0.1, -0.05) is 24.3 Å². The summed E-state index contributed by atoms with van der Waals surface area (Å²) >= 11 is 0. The Morgan fingerprint density at radius 1 is 1.38 bits per heavy atom. The predicted molar refractivity (Wildman–Crippen MR) is 61.0 cm³/mol. The van der Waals surface area contributed by atoms with Crippen molar-refractivity contribution in [3.05, 3.63) is 35.4 Å². The molecule has 16 heavy (non-hydrogen) atoms. The lowest BCUT2D eigenvalue weighted by Gasteiger charge is -2.10. The summed E-state index contributed by atoms with van der Waals surface area (Å²) in [6.45, 7) is 2.07. The minimum atomic E-state index is -2.20. The number of hydrogen-bond donors (Lipinski definition) is 1. The van der Waals surface area contributed by atoms with Gasteiger partial charge in [-0.3, -0.25) is 0 Å². The second-order valence-electron chi connectivity index (χ2n) is 4.36. The number of benzene rings is 1. The lowest BCUT2D eigenvalue weighted by atomic mass is 9.95. The van der Waals surface area contributed by atoms with Crippen molar-refractivity contribution in [1.29, 1.82) is 0 Å². The van der Waals surface area contributed by atoms with Gasteiger partial charge in [-0.25, -0.2) is 8.78 Å². The van der Waals surface area contributed by atoms with Gasteiger partial charge in [0.25, 0.3) is 0 Å². The van der Waals surface area contributed by atoms with Crippen LogP contribution in [0, 0.1) is 0 Å². The van der Waals surface area contributed by atoms with Gasteiger partial charge in [-0.15, -0.1) is 0 Å². The van der Waals surface area contributed by atoms with E-state index in [4.69, 9.17) is 0 Å². The van der Waals surface area contributed by atoms with Crippen LogP contribution in [-0.2, 0) is 6.42 Å². The summed E-state index contributed by atoms with van der Waals surface area (Å²) in [6, 6.07) is 8.10. The SMILES string of the molecule is FC(F)CCc1cccc(C2CCNC2)c1. The van der Waals surface area contributed by atoms with Crippen molar-refractivity contribution < 1.29 is 8.78 Å². The molecule has 0 bridgehead atoms. The summed E-state index contributed by atoms with van der Waals surface area (Å²) in [5, 5.41) is 3.32. The Bertz CT molecular complexity index is 332. The second-order valence-corrected chi connectivity index (χ2v) is 4.36. The van der Waals surface area contributed by atoms with Crippen LogP contribution in [-0.4, -0.2) is 19.5 Å². The third kappa shape index (κ3) is 3.01. The van der Waals surface area contributed by atoms with Crippen molar-refractivity contribution in [3.63, 3.8) is 0 Å². The normalized spacial score (nSPS) is 20.6. The highest BCUT2D eigenvalue weighted by molar-refractivity contribution is 5.27. The van der Waals surface area contributed by atoms with Crippen LogP contribution in [0.4, 0.5) is 8.78 Å². The lowest BCUT2D eigenvalue weighted by molar-refractivity contribution is 0.138. The molecular weight excluding hydrogens is 208 g/mol. The fraction of sp³-hybridized carbons (Fsp3) is 0.538. The maximum atomic E-state index is 12.1. The second kappa shape index (κ2) is 5.39. The van der Waals surface area contributed by atoms with Crippen LogP contribution in [0.2, 0.25) is 0 Å². The molecule has 1 atom stereocenters. The quantitative estimate of drug-likeness (QED) is 0.830. The van der Waals surface area contributed by atoms with Crippen molar-refractivity contribution in [2.24, 2.45) is 0 Å². The van der Waals surface area contributed by atoms with Gasteiger partial charge in [-0.2, -0.15) is 0 Å². The molecule has 1 unspecified atom stereocenters. The summed E-state index contributed by atoms with van der Waals surface area (Å²) in [7, 11) is 0. The maximum absolute atomic E-state index is 12.1. The molecule has 3 heteroatoms. The Labute approximate surface area is 94.9 Å². The highest BCUT2D eigenvalue weighted by atomic mass is 19.3. The standard InChI is InChI=1S/C13H17F2N/c14-13(15)5-4-10-2-1-3-11(8-10)12-6-7-16-9-12/h1-3,8,12-13,16H,4-7,9H2. The number of alkyl halides is 2. The molecule has 88 valence electrons. The predicted octanol–water partition coefficient (Wildman–Crippen LogP) is 2.96. The molecule has 1 aromatic carbocycles. The topological polar surface area (TPSA) is 12.0 Å². The van der Waals surface area contributed by atoms with Crippen LogP contribution in [0.25, 0.3) is 0 Å². The van der Waals surface area contributed by atoms with Crippen molar-refractivity contribution in [2.75, 3.05) is 13.1 Å². The lowest BCUT2D eigenvalue weighted by Crippen LogP contribution is -2.08. The molecule has 0 aromatic heterocycles. The van der Waals surface area contributed by atoms with Gasteiger partial charge in [0, 0.05) is 13.0 Å². The molecule has 0 amide bonds. The van der Waals surface area contributed by atoms with E-state index in [-0.39, 0.29) is 6.42 Å². The van der Waals surface area contributed by atoms with Gasteiger partial charge >= 0.3 is 0 Å². The van der Waals surface area contributed by atoms with Gasteiger partial charge < -0.3 is 5.32 Å². The van der Waals surface area contributed by atoms with Crippen molar-refractivity contribution >= 4 is 0 Å². The third-order valence-electron chi connectivity index (χ3n) is 3.13. The van der Waals surface area contributed by atoms with E-state index in [2.05, 4.69) is 17.4 Å². The largest absolute Gasteiger partial charge is 0.316 e. The Balaban J connectivity index is 2.01. The van der Waals surface area contributed by atoms with Crippen molar-refractivity contribution in [2.45, 2.75) is 31.6 Å². The first-order valence-corrected chi connectivity index (χ1v) is 5.83. The van der Waals surface area contributed by atoms with Gasteiger partial charge in [0.2, 0.25) is 6.43 Å². The number of halogens is 2. The Kier molecular flexibility index (Phi) is 3.88. The number of rotatable bonds is 4. The van der Waals surface area contributed by atoms with Crippen LogP contribution in [0.1, 0.15) is 29.9 Å². The van der Waals surface area contributed by atoms with Crippen molar-refractivity contribution in [1.82, 2.24) is 5.32 Å². The summed E-state index contributed by atoms with van der Waals surface area (Å²) in [6.07, 6.45) is -0.604. The van der Waals surface area contributed by atoms with E-state index in [1.807, 2.05) is 12.1 Å². The average Bonchev–Trinajstić information content (AvgIpc) is 2.80. The van der Waals surface area contributed by atoms with E-state index in [0.29, 0.717) is 12.3 Å². The van der Waals surface area contributed by atoms with Crippen LogP contribution >= 0.6 is 0 Å². The zero-order valence-corrected chi connectivity index (χ0v) is 9.26. The molecule has 0 spiro atoms. The average molecular weight is 225 g/mol. The molecule has 0 radical (unpaired) electrons. The van der Waals surface area contributed by atoms with E-state index < -0.39 is 6.43 Å². The molecule has 1 heterocycles. The molecule has 1 fully saturated rings. The van der Waals surface area contributed by atoms with E-state index in [0.717, 1.165) is 25.1 Å². The minimum Gasteiger partial charge on any atom is -0.316 e. The smallest absolute Gasteiger partial charge is 0.239 e. The molecule has 1 aromatic rings. The number of aryl methyl sites for hydroxylation is 1. The van der Waals surface area contributed by atoms with E-state index in [9.17, 15) is 8.78 Å². The van der Waals surface area contributed by atoms with E-state index in [1.165, 1.54) is 5.56 Å². The van der Waals surface area contributed by atoms with Crippen molar-refractivity contribution in [3.8, 4) is 0 Å². The summed E-state index contributed by atoms with van der Waals surface area (Å²) in [5.74, 6) is 0.562. The maximum Gasteiger partial charge on any atom is 0.239 e. The Morgan fingerprint density at radius 2 is 2.25 bits per heavy atom. The van der Waals surface area contributed by atoms with E-state index in [1.54, 1.807) is 0 Å². The third-order valence-corrected chi connectivity index (χ3v) is 3.13. The van der Waals surface area contributed by atoms with Crippen LogP contribution in [0.15, 0.2) is 24.3 Å². The van der Waals surface area contributed by atoms with Gasteiger partial charge in [0.1, 0.15) is 0 Å². The fourth-order valence-electron chi connectivity index (χ4n) is 2.22. The molecule has 1 aliphatic rings. The summed E-state index contributed by atoms with van der Waals surface area (Å²) in [5.41, 5.74) is 2.32. The first-order valence-electron chi connectivity index (χ1n) is 5.83.